The highest BCUT2D eigenvalue weighted by Gasteiger charge is 2.15. The number of nitrogens with one attached hydrogen (secondary N) is 1. The molecular formula is C20H18ClNO5. The fraction of sp³-hybridized carbons (Fsp3) is 0.150. The van der Waals surface area contributed by atoms with Gasteiger partial charge in [-0.3, -0.25) is 14.9 Å². The predicted octanol–water partition coefficient (Wildman–Crippen LogP) is 3.63. The lowest BCUT2D eigenvalue weighted by Gasteiger charge is -2.10. The molecule has 0 saturated heterocycles. The van der Waals surface area contributed by atoms with Gasteiger partial charge in [0.05, 0.1) is 17.7 Å². The highest BCUT2D eigenvalue weighted by molar-refractivity contribution is 6.32. The molecule has 0 aliphatic carbocycles. The van der Waals surface area contributed by atoms with Crippen molar-refractivity contribution in [2.45, 2.75) is 13.8 Å². The summed E-state index contributed by atoms with van der Waals surface area (Å²) in [6.45, 7) is 2.79. The summed E-state index contributed by atoms with van der Waals surface area (Å²) in [6, 6.07) is 11.3. The summed E-state index contributed by atoms with van der Waals surface area (Å²) in [6.07, 6.45) is 1.51. The van der Waals surface area contributed by atoms with Crippen LogP contribution >= 0.6 is 11.6 Å². The summed E-state index contributed by atoms with van der Waals surface area (Å²) in [7, 11) is 1.46. The minimum absolute atomic E-state index is 0.265. The van der Waals surface area contributed by atoms with Gasteiger partial charge in [0.15, 0.2) is 0 Å². The molecule has 2 aromatic carbocycles. The predicted molar refractivity (Wildman–Crippen MR) is 102 cm³/mol. The molecule has 0 heterocycles. The van der Waals surface area contributed by atoms with E-state index in [1.165, 1.54) is 26.2 Å². The van der Waals surface area contributed by atoms with Crippen molar-refractivity contribution in [3.05, 3.63) is 64.2 Å². The van der Waals surface area contributed by atoms with Crippen molar-refractivity contribution >= 4 is 35.5 Å². The van der Waals surface area contributed by atoms with Crippen LogP contribution in [0.5, 0.6) is 11.5 Å². The molecule has 7 heteroatoms. The molecule has 0 bridgehead atoms. The number of esters is 1. The Morgan fingerprint density at radius 3 is 2.44 bits per heavy atom. The molecule has 0 aliphatic rings. The van der Waals surface area contributed by atoms with Crippen LogP contribution in [0.25, 0.3) is 6.08 Å². The molecule has 0 spiro atoms. The number of amides is 2. The van der Waals surface area contributed by atoms with Gasteiger partial charge >= 0.3 is 5.97 Å². The molecule has 2 rings (SSSR count). The van der Waals surface area contributed by atoms with Crippen LogP contribution < -0.4 is 14.8 Å². The van der Waals surface area contributed by atoms with Gasteiger partial charge in [0, 0.05) is 18.6 Å². The zero-order valence-corrected chi connectivity index (χ0v) is 15.8. The van der Waals surface area contributed by atoms with Gasteiger partial charge in [-0.2, -0.15) is 0 Å². The van der Waals surface area contributed by atoms with E-state index < -0.39 is 17.8 Å². The number of hydrogen-bond acceptors (Lipinski definition) is 5. The van der Waals surface area contributed by atoms with Crippen LogP contribution in [0.2, 0.25) is 5.02 Å². The third-order valence-electron chi connectivity index (χ3n) is 3.53. The van der Waals surface area contributed by atoms with Gasteiger partial charge in [-0.05, 0) is 36.8 Å². The maximum absolute atomic E-state index is 12.6. The second-order valence-corrected chi connectivity index (χ2v) is 6.02. The minimum atomic E-state index is -0.606. The largest absolute Gasteiger partial charge is 0.495 e. The van der Waals surface area contributed by atoms with E-state index in [0.717, 1.165) is 0 Å². The zero-order chi connectivity index (χ0) is 20.0. The fourth-order valence-electron chi connectivity index (χ4n) is 2.23. The summed E-state index contributed by atoms with van der Waals surface area (Å²) in [4.78, 5) is 35.5. The minimum Gasteiger partial charge on any atom is -0.495 e. The first kappa shape index (κ1) is 20.2. The topological polar surface area (TPSA) is 81.7 Å². The molecule has 0 atom stereocenters. The van der Waals surface area contributed by atoms with E-state index in [2.05, 4.69) is 5.32 Å². The number of carbonyl (C=O) groups excluding carboxylic acids is 3. The Hall–Kier alpha value is -3.12. The normalized spacial score (nSPS) is 10.9. The van der Waals surface area contributed by atoms with E-state index >= 15 is 0 Å². The van der Waals surface area contributed by atoms with E-state index in [1.807, 2.05) is 0 Å². The SMILES string of the molecule is COc1cc(OC(=O)c2ccccc2/C=C(\C)C(=O)NC(C)=O)ccc1Cl. The van der Waals surface area contributed by atoms with Gasteiger partial charge < -0.3 is 9.47 Å². The van der Waals surface area contributed by atoms with Crippen LogP contribution in [0, 0.1) is 0 Å². The third kappa shape index (κ3) is 5.43. The average Bonchev–Trinajstić information content (AvgIpc) is 2.63. The third-order valence-corrected chi connectivity index (χ3v) is 3.85. The molecule has 27 heavy (non-hydrogen) atoms. The second kappa shape index (κ2) is 9.00. The molecule has 1 N–H and O–H groups in total. The number of benzene rings is 2. The number of halogens is 1. The summed E-state index contributed by atoms with van der Waals surface area (Å²) in [5.41, 5.74) is 1.03. The Morgan fingerprint density at radius 2 is 1.78 bits per heavy atom. The Kier molecular flexibility index (Phi) is 6.73. The van der Waals surface area contributed by atoms with Gasteiger partial charge in [-0.1, -0.05) is 29.8 Å². The fourth-order valence-corrected chi connectivity index (χ4v) is 2.43. The molecule has 0 aromatic heterocycles. The molecule has 0 saturated carbocycles. The lowest BCUT2D eigenvalue weighted by molar-refractivity contribution is -0.127. The first-order valence-electron chi connectivity index (χ1n) is 7.96. The van der Waals surface area contributed by atoms with Crippen molar-refractivity contribution in [1.82, 2.24) is 5.32 Å². The van der Waals surface area contributed by atoms with Crippen molar-refractivity contribution in [3.8, 4) is 11.5 Å². The van der Waals surface area contributed by atoms with Crippen molar-refractivity contribution in [1.29, 1.82) is 0 Å². The molecule has 0 radical (unpaired) electrons. The smallest absolute Gasteiger partial charge is 0.344 e. The quantitative estimate of drug-likeness (QED) is 0.481. The van der Waals surface area contributed by atoms with Crippen molar-refractivity contribution < 1.29 is 23.9 Å². The Bertz CT molecular complexity index is 920. The zero-order valence-electron chi connectivity index (χ0n) is 15.0. The van der Waals surface area contributed by atoms with Crippen LogP contribution in [0.1, 0.15) is 29.8 Å². The number of hydrogen-bond donors (Lipinski definition) is 1. The summed E-state index contributed by atoms with van der Waals surface area (Å²) < 4.78 is 10.5. The van der Waals surface area contributed by atoms with Gasteiger partial charge in [0.25, 0.3) is 5.91 Å². The molecule has 0 unspecified atom stereocenters. The van der Waals surface area contributed by atoms with Crippen molar-refractivity contribution in [2.75, 3.05) is 7.11 Å². The molecule has 0 fully saturated rings. The van der Waals surface area contributed by atoms with Gasteiger partial charge in [-0.25, -0.2) is 4.79 Å². The average molecular weight is 388 g/mol. The van der Waals surface area contributed by atoms with Gasteiger partial charge in [0.1, 0.15) is 11.5 Å². The molecule has 6 nitrogen and oxygen atoms in total. The number of rotatable bonds is 5. The lowest BCUT2D eigenvalue weighted by atomic mass is 10.0. The van der Waals surface area contributed by atoms with E-state index in [1.54, 1.807) is 43.3 Å². The maximum atomic E-state index is 12.6. The Labute approximate surface area is 161 Å². The Morgan fingerprint density at radius 1 is 1.07 bits per heavy atom. The number of ether oxygens (including phenoxy) is 2. The number of methoxy groups -OCH3 is 1. The molecular weight excluding hydrogens is 370 g/mol. The Balaban J connectivity index is 2.28. The van der Waals surface area contributed by atoms with E-state index in [-0.39, 0.29) is 16.9 Å². The highest BCUT2D eigenvalue weighted by atomic mass is 35.5. The maximum Gasteiger partial charge on any atom is 0.344 e. The molecule has 0 aliphatic heterocycles. The monoisotopic (exact) mass is 387 g/mol. The van der Waals surface area contributed by atoms with E-state index in [4.69, 9.17) is 21.1 Å². The number of imide groups is 1. The summed E-state index contributed by atoms with van der Waals surface area (Å²) in [5, 5.41) is 2.58. The second-order valence-electron chi connectivity index (χ2n) is 5.61. The van der Waals surface area contributed by atoms with Crippen molar-refractivity contribution in [2.24, 2.45) is 0 Å². The van der Waals surface area contributed by atoms with Gasteiger partial charge in [0.2, 0.25) is 5.91 Å². The lowest BCUT2D eigenvalue weighted by Crippen LogP contribution is -2.28. The number of carbonyl (C=O) groups is 3. The van der Waals surface area contributed by atoms with Crippen LogP contribution in [0.3, 0.4) is 0 Å². The first-order chi connectivity index (χ1) is 12.8. The van der Waals surface area contributed by atoms with Gasteiger partial charge in [-0.15, -0.1) is 0 Å². The van der Waals surface area contributed by atoms with Crippen LogP contribution in [-0.2, 0) is 9.59 Å². The summed E-state index contributed by atoms with van der Waals surface area (Å²) in [5.74, 6) is -0.950. The molecule has 2 amide bonds. The van der Waals surface area contributed by atoms with E-state index in [9.17, 15) is 14.4 Å². The highest BCUT2D eigenvalue weighted by Crippen LogP contribution is 2.29. The molecule has 2 aromatic rings. The molecule has 140 valence electrons. The van der Waals surface area contributed by atoms with Crippen molar-refractivity contribution in [3.63, 3.8) is 0 Å². The standard InChI is InChI=1S/C20H18ClNO5/c1-12(19(24)22-13(2)23)10-14-6-4-5-7-16(14)20(25)27-15-8-9-17(21)18(11-15)26-3/h4-11H,1-3H3,(H,22,23,24)/b12-10+. The first-order valence-corrected chi connectivity index (χ1v) is 8.34. The van der Waals surface area contributed by atoms with E-state index in [0.29, 0.717) is 16.3 Å². The van der Waals surface area contributed by atoms with Crippen LogP contribution in [0.4, 0.5) is 0 Å². The van der Waals surface area contributed by atoms with Crippen LogP contribution in [0.15, 0.2) is 48.0 Å². The van der Waals surface area contributed by atoms with Crippen LogP contribution in [-0.4, -0.2) is 24.9 Å². The summed E-state index contributed by atoms with van der Waals surface area (Å²) >= 11 is 5.96.